The number of fused-ring (bicyclic) bond motifs is 2. The van der Waals surface area contributed by atoms with Crippen LogP contribution in [0.2, 0.25) is 0 Å². The van der Waals surface area contributed by atoms with Crippen LogP contribution < -0.4 is 0 Å². The lowest BCUT2D eigenvalue weighted by molar-refractivity contribution is 0.687. The number of benzene rings is 2. The van der Waals surface area contributed by atoms with Gasteiger partial charge in [-0.25, -0.2) is 0 Å². The maximum atomic E-state index is 2.29. The summed E-state index contributed by atoms with van der Waals surface area (Å²) in [4.78, 5) is 0. The molecule has 0 saturated heterocycles. The third-order valence-corrected chi connectivity index (χ3v) is 4.14. The van der Waals surface area contributed by atoms with Gasteiger partial charge in [0.2, 0.25) is 0 Å². The molecule has 0 fully saturated rings. The fourth-order valence-electron chi connectivity index (χ4n) is 3.28. The van der Waals surface area contributed by atoms with Crippen LogP contribution in [0.4, 0.5) is 0 Å². The predicted octanol–water partition coefficient (Wildman–Crippen LogP) is 4.41. The van der Waals surface area contributed by atoms with Crippen LogP contribution in [0, 0.1) is 0 Å². The molecule has 0 aliphatic heterocycles. The largest absolute Gasteiger partial charge is 0.0701 e. The molecule has 0 amide bonds. The maximum absolute atomic E-state index is 2.29. The lowest BCUT2D eigenvalue weighted by atomic mass is 9.56. The molecule has 90 valence electrons. The quantitative estimate of drug-likeness (QED) is 0.731. The van der Waals surface area contributed by atoms with E-state index in [4.69, 9.17) is 0 Å². The zero-order chi connectivity index (χ0) is 12.7. The Hall–Kier alpha value is -2.34. The van der Waals surface area contributed by atoms with E-state index < -0.39 is 0 Å². The second-order valence-corrected chi connectivity index (χ2v) is 5.06. The van der Waals surface area contributed by atoms with Crippen LogP contribution in [-0.4, -0.2) is 0 Å². The van der Waals surface area contributed by atoms with E-state index in [9.17, 15) is 0 Å². The van der Waals surface area contributed by atoms with Gasteiger partial charge in [0.15, 0.2) is 0 Å². The maximum Gasteiger partial charge on any atom is 0.0701 e. The van der Waals surface area contributed by atoms with Crippen molar-refractivity contribution in [2.24, 2.45) is 0 Å². The van der Waals surface area contributed by atoms with Gasteiger partial charge in [0.1, 0.15) is 0 Å². The summed E-state index contributed by atoms with van der Waals surface area (Å²) in [6, 6.07) is 21.6. The fraction of sp³-hybridized carbons (Fsp3) is 0.0526. The summed E-state index contributed by atoms with van der Waals surface area (Å²) < 4.78 is 0. The van der Waals surface area contributed by atoms with Crippen molar-refractivity contribution in [2.45, 2.75) is 5.41 Å². The van der Waals surface area contributed by atoms with E-state index >= 15 is 0 Å². The van der Waals surface area contributed by atoms with Crippen molar-refractivity contribution >= 4 is 0 Å². The molecule has 0 heteroatoms. The Bertz CT molecular complexity index is 647. The Morgan fingerprint density at radius 2 is 1.21 bits per heavy atom. The van der Waals surface area contributed by atoms with Gasteiger partial charge in [-0.2, -0.15) is 0 Å². The highest BCUT2D eigenvalue weighted by Crippen LogP contribution is 2.54. The minimum atomic E-state index is -0.0444. The van der Waals surface area contributed by atoms with E-state index in [1.807, 2.05) is 0 Å². The molecule has 2 aromatic rings. The molecule has 2 bridgehead atoms. The Kier molecular flexibility index (Phi) is 2.13. The smallest absolute Gasteiger partial charge is 0.0622 e. The molecule has 2 aliphatic rings. The first kappa shape index (κ1) is 10.6. The molecule has 0 aromatic heterocycles. The van der Waals surface area contributed by atoms with Crippen LogP contribution >= 0.6 is 0 Å². The molecule has 0 saturated carbocycles. The van der Waals surface area contributed by atoms with Crippen LogP contribution in [0.15, 0.2) is 96.1 Å². The van der Waals surface area contributed by atoms with E-state index in [1.165, 1.54) is 22.3 Å². The van der Waals surface area contributed by atoms with Crippen LogP contribution in [0.3, 0.4) is 0 Å². The van der Waals surface area contributed by atoms with Crippen molar-refractivity contribution in [2.75, 3.05) is 0 Å². The summed E-state index contributed by atoms with van der Waals surface area (Å²) in [6.45, 7) is 0. The van der Waals surface area contributed by atoms with Gasteiger partial charge < -0.3 is 0 Å². The minimum absolute atomic E-state index is 0.0444. The second kappa shape index (κ2) is 3.83. The van der Waals surface area contributed by atoms with Crippen LogP contribution in [-0.2, 0) is 5.41 Å². The number of hydrogen-bond donors (Lipinski definition) is 0. The molecule has 2 aliphatic carbocycles. The molecule has 0 N–H and O–H groups in total. The normalized spacial score (nSPS) is 18.3. The first-order valence-corrected chi connectivity index (χ1v) is 6.64. The second-order valence-electron chi connectivity index (χ2n) is 5.06. The molecule has 2 aromatic carbocycles. The average molecular weight is 242 g/mol. The molecule has 19 heavy (non-hydrogen) atoms. The van der Waals surface area contributed by atoms with Crippen LogP contribution in [0.1, 0.15) is 11.1 Å². The lowest BCUT2D eigenvalue weighted by Gasteiger charge is -2.46. The molecule has 0 unspecified atom stereocenters. The third-order valence-electron chi connectivity index (χ3n) is 4.14. The zero-order valence-corrected chi connectivity index (χ0v) is 10.6. The van der Waals surface area contributed by atoms with E-state index in [0.29, 0.717) is 0 Å². The summed E-state index contributed by atoms with van der Waals surface area (Å²) in [6.07, 6.45) is 8.90. The highest BCUT2D eigenvalue weighted by molar-refractivity contribution is 5.73. The summed E-state index contributed by atoms with van der Waals surface area (Å²) in [5, 5.41) is 0. The highest BCUT2D eigenvalue weighted by atomic mass is 14.5. The van der Waals surface area contributed by atoms with E-state index in [-0.39, 0.29) is 5.41 Å². The van der Waals surface area contributed by atoms with Gasteiger partial charge in [-0.1, -0.05) is 85.0 Å². The van der Waals surface area contributed by atoms with E-state index in [0.717, 1.165) is 0 Å². The zero-order valence-electron chi connectivity index (χ0n) is 10.6. The molecular formula is C19H14. The Morgan fingerprint density at radius 1 is 0.632 bits per heavy atom. The predicted molar refractivity (Wildman–Crippen MR) is 79.0 cm³/mol. The van der Waals surface area contributed by atoms with E-state index in [2.05, 4.69) is 85.0 Å². The first-order chi connectivity index (χ1) is 9.42. The van der Waals surface area contributed by atoms with E-state index in [1.54, 1.807) is 0 Å². The summed E-state index contributed by atoms with van der Waals surface area (Å²) in [7, 11) is 0. The van der Waals surface area contributed by atoms with Gasteiger partial charge in [-0.05, 0) is 22.3 Å². The Labute approximate surface area is 113 Å². The third kappa shape index (κ3) is 1.29. The summed E-state index contributed by atoms with van der Waals surface area (Å²) in [5.74, 6) is 0. The van der Waals surface area contributed by atoms with Crippen LogP contribution in [0.25, 0.3) is 0 Å². The van der Waals surface area contributed by atoms with Gasteiger partial charge in [0, 0.05) is 0 Å². The van der Waals surface area contributed by atoms with Crippen LogP contribution in [0.5, 0.6) is 0 Å². The Balaban J connectivity index is 2.00. The molecule has 0 nitrogen and oxygen atoms in total. The molecule has 0 heterocycles. The first-order valence-electron chi connectivity index (χ1n) is 6.64. The lowest BCUT2D eigenvalue weighted by Crippen LogP contribution is -2.39. The number of rotatable bonds is 2. The van der Waals surface area contributed by atoms with Gasteiger partial charge in [0.25, 0.3) is 0 Å². The molecule has 0 atom stereocenters. The van der Waals surface area contributed by atoms with Gasteiger partial charge in [0.05, 0.1) is 5.41 Å². The van der Waals surface area contributed by atoms with Crippen molar-refractivity contribution in [3.8, 4) is 0 Å². The van der Waals surface area contributed by atoms with Gasteiger partial charge in [-0.3, -0.25) is 0 Å². The monoisotopic (exact) mass is 242 g/mol. The topological polar surface area (TPSA) is 0 Å². The standard InChI is InChI=1S/C19H14/c1-3-8-15(9-4-1)19(16-10-5-2-6-11-16)17-12-7-13-18(19)14-17/h1-14H. The SMILES string of the molecule is c1ccc(C2(c3ccccc3)c3cccc2c3)cc1. The molecule has 0 radical (unpaired) electrons. The van der Waals surface area contributed by atoms with Gasteiger partial charge >= 0.3 is 0 Å². The van der Waals surface area contributed by atoms with Crippen molar-refractivity contribution in [3.63, 3.8) is 0 Å². The summed E-state index contributed by atoms with van der Waals surface area (Å²) >= 11 is 0. The molecular weight excluding hydrogens is 228 g/mol. The van der Waals surface area contributed by atoms with Gasteiger partial charge in [-0.15, -0.1) is 0 Å². The van der Waals surface area contributed by atoms with Crippen molar-refractivity contribution in [1.82, 2.24) is 0 Å². The molecule has 4 rings (SSSR count). The van der Waals surface area contributed by atoms with Crippen molar-refractivity contribution in [3.05, 3.63) is 107 Å². The minimum Gasteiger partial charge on any atom is -0.0622 e. The fourth-order valence-corrected chi connectivity index (χ4v) is 3.28. The average Bonchev–Trinajstić information content (AvgIpc) is 2.51. The number of hydrogen-bond acceptors (Lipinski definition) is 0. The van der Waals surface area contributed by atoms with Crippen molar-refractivity contribution < 1.29 is 0 Å². The van der Waals surface area contributed by atoms with Crippen molar-refractivity contribution in [1.29, 1.82) is 0 Å². The highest BCUT2D eigenvalue weighted by Gasteiger charge is 2.46. The molecule has 0 spiro atoms. The number of allylic oxidation sites excluding steroid dienone is 6. The Morgan fingerprint density at radius 3 is 1.63 bits per heavy atom. The summed E-state index contributed by atoms with van der Waals surface area (Å²) in [5.41, 5.74) is 5.45.